The summed E-state index contributed by atoms with van der Waals surface area (Å²) in [5.41, 5.74) is 2.61. The van der Waals surface area contributed by atoms with Gasteiger partial charge in [-0.2, -0.15) is 0 Å². The number of benzene rings is 1. The quantitative estimate of drug-likeness (QED) is 0.266. The summed E-state index contributed by atoms with van der Waals surface area (Å²) < 4.78 is 11.6. The van der Waals surface area contributed by atoms with E-state index in [0.29, 0.717) is 23.0 Å². The zero-order valence-electron chi connectivity index (χ0n) is 17.3. The van der Waals surface area contributed by atoms with Crippen LogP contribution in [0.1, 0.15) is 51.6 Å². The molecule has 1 aliphatic heterocycles. The molecule has 6 nitrogen and oxygen atoms in total. The second kappa shape index (κ2) is 8.60. The van der Waals surface area contributed by atoms with E-state index in [4.69, 9.17) is 9.15 Å². The summed E-state index contributed by atoms with van der Waals surface area (Å²) in [7, 11) is 0. The van der Waals surface area contributed by atoms with Crippen LogP contribution in [0, 0.1) is 5.92 Å². The molecular formula is C24H21BrN2O4S. The molecular weight excluding hydrogens is 492 g/mol. The van der Waals surface area contributed by atoms with Gasteiger partial charge in [-0.3, -0.25) is 4.79 Å². The highest BCUT2D eigenvalue weighted by molar-refractivity contribution is 9.10. The lowest BCUT2D eigenvalue weighted by Crippen LogP contribution is -2.38. The Morgan fingerprint density at radius 3 is 3.00 bits per heavy atom. The van der Waals surface area contributed by atoms with Gasteiger partial charge in [0.25, 0.3) is 5.91 Å². The van der Waals surface area contributed by atoms with Gasteiger partial charge in [-0.1, -0.05) is 22.9 Å². The summed E-state index contributed by atoms with van der Waals surface area (Å²) in [6.45, 7) is 2.25. The van der Waals surface area contributed by atoms with Gasteiger partial charge < -0.3 is 19.8 Å². The Morgan fingerprint density at radius 1 is 1.31 bits per heavy atom. The van der Waals surface area contributed by atoms with Crippen molar-refractivity contribution < 1.29 is 18.7 Å². The average Bonchev–Trinajstić information content (AvgIpc) is 3.40. The molecule has 5 rings (SSSR count). The van der Waals surface area contributed by atoms with Crippen molar-refractivity contribution in [1.82, 2.24) is 5.32 Å². The lowest BCUT2D eigenvalue weighted by Gasteiger charge is -2.28. The topological polar surface area (TPSA) is 80.6 Å². The summed E-state index contributed by atoms with van der Waals surface area (Å²) in [5, 5.41) is 7.38. The minimum atomic E-state index is -0.534. The number of hydrogen-bond donors (Lipinski definition) is 2. The molecule has 2 atom stereocenters. The smallest absolute Gasteiger partial charge is 0.336 e. The summed E-state index contributed by atoms with van der Waals surface area (Å²) in [6, 6.07) is 8.84. The highest BCUT2D eigenvalue weighted by atomic mass is 79.9. The van der Waals surface area contributed by atoms with Crippen molar-refractivity contribution in [2.75, 3.05) is 5.32 Å². The number of thiophene rings is 1. The van der Waals surface area contributed by atoms with Crippen LogP contribution < -0.4 is 15.4 Å². The standard InChI is InChI=1S/C24H21BrN2O4S/c1-13-4-7-16-19(11-13)32-24-21(16)23(29)26-22(27-24)17-12-14(25)5-8-18(17)31-20(28)9-6-15-3-2-10-30-15/h2-3,5-6,8-10,12-13,22,27H,4,7,11H2,1H3,(H,26,29)/b9-6+. The fourth-order valence-electron chi connectivity index (χ4n) is 4.14. The summed E-state index contributed by atoms with van der Waals surface area (Å²) >= 11 is 5.14. The van der Waals surface area contributed by atoms with Crippen LogP contribution in [-0.2, 0) is 17.6 Å². The second-order valence-electron chi connectivity index (χ2n) is 8.06. The van der Waals surface area contributed by atoms with E-state index in [2.05, 4.69) is 33.5 Å². The second-order valence-corrected chi connectivity index (χ2v) is 10.1. The number of hydrogen-bond acceptors (Lipinski definition) is 6. The first-order valence-corrected chi connectivity index (χ1v) is 12.0. The maximum atomic E-state index is 13.1. The zero-order chi connectivity index (χ0) is 22.2. The fraction of sp³-hybridized carbons (Fsp3) is 0.250. The van der Waals surface area contributed by atoms with E-state index in [-0.39, 0.29) is 5.91 Å². The zero-order valence-corrected chi connectivity index (χ0v) is 19.7. The summed E-state index contributed by atoms with van der Waals surface area (Å²) in [6.07, 6.45) is 6.92. The van der Waals surface area contributed by atoms with Crippen LogP contribution in [0.25, 0.3) is 6.08 Å². The number of carbonyl (C=O) groups is 2. The number of furan rings is 1. The van der Waals surface area contributed by atoms with E-state index in [0.717, 1.165) is 34.3 Å². The number of rotatable bonds is 4. The number of carbonyl (C=O) groups excluding carboxylic acids is 2. The van der Waals surface area contributed by atoms with Crippen LogP contribution in [0.15, 0.2) is 51.6 Å². The molecule has 0 saturated carbocycles. The van der Waals surface area contributed by atoms with E-state index < -0.39 is 12.1 Å². The molecule has 3 aromatic rings. The monoisotopic (exact) mass is 512 g/mol. The van der Waals surface area contributed by atoms with Gasteiger partial charge >= 0.3 is 5.97 Å². The number of esters is 1. The van der Waals surface area contributed by atoms with Crippen molar-refractivity contribution >= 4 is 50.2 Å². The van der Waals surface area contributed by atoms with Crippen LogP contribution >= 0.6 is 27.3 Å². The molecule has 2 aromatic heterocycles. The Hall–Kier alpha value is -2.84. The molecule has 2 aliphatic rings. The lowest BCUT2D eigenvalue weighted by molar-refractivity contribution is -0.128. The molecule has 2 N–H and O–H groups in total. The molecule has 1 aliphatic carbocycles. The van der Waals surface area contributed by atoms with Gasteiger partial charge in [0, 0.05) is 21.0 Å². The van der Waals surface area contributed by atoms with Crippen LogP contribution in [0.5, 0.6) is 5.75 Å². The number of fused-ring (bicyclic) bond motifs is 3. The number of nitrogens with one attached hydrogen (secondary N) is 2. The number of anilines is 1. The third kappa shape index (κ3) is 4.12. The fourth-order valence-corrected chi connectivity index (χ4v) is 5.95. The minimum absolute atomic E-state index is 0.0919. The first-order valence-electron chi connectivity index (χ1n) is 10.4. The maximum Gasteiger partial charge on any atom is 0.336 e. The van der Waals surface area contributed by atoms with Gasteiger partial charge in [-0.15, -0.1) is 11.3 Å². The Balaban J connectivity index is 1.41. The van der Waals surface area contributed by atoms with Gasteiger partial charge in [0.05, 0.1) is 11.8 Å². The Morgan fingerprint density at radius 2 is 2.19 bits per heavy atom. The van der Waals surface area contributed by atoms with Gasteiger partial charge in [-0.05, 0) is 67.2 Å². The third-order valence-electron chi connectivity index (χ3n) is 5.71. The molecule has 0 radical (unpaired) electrons. The Labute approximate surface area is 197 Å². The van der Waals surface area contributed by atoms with Crippen LogP contribution in [-0.4, -0.2) is 11.9 Å². The van der Waals surface area contributed by atoms with Crippen molar-refractivity contribution in [3.8, 4) is 5.75 Å². The molecule has 0 spiro atoms. The molecule has 3 heterocycles. The average molecular weight is 513 g/mol. The van der Waals surface area contributed by atoms with E-state index in [9.17, 15) is 9.59 Å². The molecule has 0 bridgehead atoms. The Bertz CT molecular complexity index is 1220. The lowest BCUT2D eigenvalue weighted by atomic mass is 9.88. The molecule has 1 aromatic carbocycles. The van der Waals surface area contributed by atoms with Gasteiger partial charge in [0.1, 0.15) is 22.7 Å². The molecule has 1 amide bonds. The van der Waals surface area contributed by atoms with E-state index in [1.165, 1.54) is 22.8 Å². The van der Waals surface area contributed by atoms with E-state index in [1.807, 2.05) is 6.07 Å². The molecule has 164 valence electrons. The SMILES string of the molecule is CC1CCc2c(sc3c2C(=O)NC(c2cc(Br)ccc2OC(=O)/C=C/c2ccco2)N3)C1. The van der Waals surface area contributed by atoms with Gasteiger partial charge in [0.15, 0.2) is 0 Å². The molecule has 2 unspecified atom stereocenters. The van der Waals surface area contributed by atoms with Crippen molar-refractivity contribution in [3.63, 3.8) is 0 Å². The molecule has 0 saturated heterocycles. The summed E-state index contributed by atoms with van der Waals surface area (Å²) in [4.78, 5) is 26.7. The first-order chi connectivity index (χ1) is 15.5. The van der Waals surface area contributed by atoms with Crippen LogP contribution in [0.4, 0.5) is 5.00 Å². The minimum Gasteiger partial charge on any atom is -0.465 e. The van der Waals surface area contributed by atoms with Crippen LogP contribution in [0.2, 0.25) is 0 Å². The number of amides is 1. The highest BCUT2D eigenvalue weighted by Crippen LogP contribution is 2.43. The Kier molecular flexibility index (Phi) is 5.65. The number of ether oxygens (including phenoxy) is 1. The maximum absolute atomic E-state index is 13.1. The van der Waals surface area contributed by atoms with E-state index in [1.54, 1.807) is 41.7 Å². The largest absolute Gasteiger partial charge is 0.465 e. The molecule has 32 heavy (non-hydrogen) atoms. The predicted octanol–water partition coefficient (Wildman–Crippen LogP) is 5.70. The van der Waals surface area contributed by atoms with Crippen LogP contribution in [0.3, 0.4) is 0 Å². The van der Waals surface area contributed by atoms with Crippen molar-refractivity contribution in [2.24, 2.45) is 5.92 Å². The van der Waals surface area contributed by atoms with Crippen molar-refractivity contribution in [2.45, 2.75) is 32.4 Å². The summed E-state index contributed by atoms with van der Waals surface area (Å²) in [5.74, 6) is 0.937. The molecule has 8 heteroatoms. The molecule has 0 fully saturated rings. The number of halogens is 1. The first kappa shape index (κ1) is 21.0. The van der Waals surface area contributed by atoms with E-state index >= 15 is 0 Å². The van der Waals surface area contributed by atoms with Crippen molar-refractivity contribution in [1.29, 1.82) is 0 Å². The predicted molar refractivity (Wildman–Crippen MR) is 127 cm³/mol. The van der Waals surface area contributed by atoms with Crippen molar-refractivity contribution in [3.05, 3.63) is 74.5 Å². The van der Waals surface area contributed by atoms with Gasteiger partial charge in [0.2, 0.25) is 0 Å². The third-order valence-corrected chi connectivity index (χ3v) is 7.39. The highest BCUT2D eigenvalue weighted by Gasteiger charge is 2.34. The normalized spacial score (nSPS) is 19.8. The van der Waals surface area contributed by atoms with Gasteiger partial charge in [-0.25, -0.2) is 4.79 Å².